The van der Waals surface area contributed by atoms with Crippen molar-refractivity contribution in [1.29, 1.82) is 0 Å². The Balaban J connectivity index is 2.90. The largest absolute Gasteiger partial charge is 0.462 e. The molecule has 0 amide bonds. The number of esters is 1. The number of ether oxygens (including phenoxy) is 1. The van der Waals surface area contributed by atoms with E-state index in [0.29, 0.717) is 24.5 Å². The van der Waals surface area contributed by atoms with E-state index >= 15 is 0 Å². The van der Waals surface area contributed by atoms with Crippen LogP contribution in [0.2, 0.25) is 0 Å². The lowest BCUT2D eigenvalue weighted by atomic mass is 10.1. The maximum Gasteiger partial charge on any atom is 0.341 e. The average molecular weight is 341 g/mol. The lowest BCUT2D eigenvalue weighted by molar-refractivity contribution is 0.0489. The molecular weight excluding hydrogens is 326 g/mol. The highest BCUT2D eigenvalue weighted by molar-refractivity contribution is 8.13. The number of hydrogen-bond donors (Lipinski definition) is 0. The third-order valence-electron chi connectivity index (χ3n) is 2.66. The molecule has 0 saturated heterocycles. The second-order valence-electron chi connectivity index (χ2n) is 4.87. The summed E-state index contributed by atoms with van der Waals surface area (Å²) >= 11 is 0. The summed E-state index contributed by atoms with van der Waals surface area (Å²) in [4.78, 5) is 10.7. The summed E-state index contributed by atoms with van der Waals surface area (Å²) in [6.45, 7) is 4.06. The highest BCUT2D eigenvalue weighted by Gasteiger charge is 2.23. The van der Waals surface area contributed by atoms with Gasteiger partial charge in [-0.2, -0.15) is 0 Å². The van der Waals surface area contributed by atoms with E-state index in [1.54, 1.807) is 0 Å². The Bertz CT molecular complexity index is 629. The van der Waals surface area contributed by atoms with Gasteiger partial charge in [0.25, 0.3) is 9.05 Å². The highest BCUT2D eigenvalue weighted by atomic mass is 35.7. The molecular formula is C13H15ClF2O4S. The number of carbonyl (C=O) groups excluding carboxylic acids is 1. The first-order valence-corrected chi connectivity index (χ1v) is 8.54. The van der Waals surface area contributed by atoms with Crippen LogP contribution in [0, 0.1) is 17.6 Å². The molecule has 8 heteroatoms. The van der Waals surface area contributed by atoms with Gasteiger partial charge >= 0.3 is 5.97 Å². The van der Waals surface area contributed by atoms with E-state index in [0.717, 1.165) is 6.42 Å². The maximum atomic E-state index is 13.5. The maximum absolute atomic E-state index is 13.5. The minimum atomic E-state index is -4.42. The van der Waals surface area contributed by atoms with Gasteiger partial charge in [0.15, 0.2) is 0 Å². The summed E-state index contributed by atoms with van der Waals surface area (Å²) in [5.41, 5.74) is -0.667. The lowest BCUT2D eigenvalue weighted by Crippen LogP contribution is -2.11. The van der Waals surface area contributed by atoms with Crippen LogP contribution in [0.25, 0.3) is 0 Å². The van der Waals surface area contributed by atoms with Gasteiger partial charge in [0.2, 0.25) is 0 Å². The van der Waals surface area contributed by atoms with Gasteiger partial charge in [-0.15, -0.1) is 0 Å². The summed E-state index contributed by atoms with van der Waals surface area (Å²) in [6.07, 6.45) is 1.41. The quantitative estimate of drug-likeness (QED) is 0.452. The molecule has 0 unspecified atom stereocenters. The number of halogens is 3. The van der Waals surface area contributed by atoms with Crippen LogP contribution in [0.15, 0.2) is 17.0 Å². The van der Waals surface area contributed by atoms with Gasteiger partial charge in [0.1, 0.15) is 16.5 Å². The predicted molar refractivity (Wildman–Crippen MR) is 73.8 cm³/mol. The third kappa shape index (κ3) is 5.24. The van der Waals surface area contributed by atoms with Gasteiger partial charge in [0, 0.05) is 16.7 Å². The van der Waals surface area contributed by atoms with Crippen molar-refractivity contribution in [2.24, 2.45) is 5.92 Å². The fourth-order valence-corrected chi connectivity index (χ4v) is 2.51. The third-order valence-corrected chi connectivity index (χ3v) is 4.00. The Hall–Kier alpha value is -1.21. The first kappa shape index (κ1) is 17.8. The summed E-state index contributed by atoms with van der Waals surface area (Å²) in [5.74, 6) is -3.19. The Morgan fingerprint density at radius 1 is 1.29 bits per heavy atom. The molecule has 0 heterocycles. The fraction of sp³-hybridized carbons (Fsp3) is 0.462. The van der Waals surface area contributed by atoms with Crippen LogP contribution in [0.3, 0.4) is 0 Å². The van der Waals surface area contributed by atoms with Crippen molar-refractivity contribution in [3.05, 3.63) is 29.3 Å². The van der Waals surface area contributed by atoms with Crippen molar-refractivity contribution in [3.8, 4) is 0 Å². The minimum absolute atomic E-state index is 0.0663. The molecule has 0 N–H and O–H groups in total. The normalized spacial score (nSPS) is 11.7. The smallest absolute Gasteiger partial charge is 0.341 e. The summed E-state index contributed by atoms with van der Waals surface area (Å²) in [5, 5.41) is 0. The molecule has 0 aromatic heterocycles. The monoisotopic (exact) mass is 340 g/mol. The molecule has 0 saturated carbocycles. The van der Waals surface area contributed by atoms with Crippen LogP contribution < -0.4 is 0 Å². The van der Waals surface area contributed by atoms with Crippen LogP contribution in [0.1, 0.15) is 37.0 Å². The lowest BCUT2D eigenvalue weighted by Gasteiger charge is -2.08. The Labute approximate surface area is 126 Å². The van der Waals surface area contributed by atoms with Gasteiger partial charge in [-0.3, -0.25) is 0 Å². The second kappa shape index (κ2) is 7.17. The zero-order chi connectivity index (χ0) is 16.2. The Morgan fingerprint density at radius 2 is 1.90 bits per heavy atom. The first-order valence-electron chi connectivity index (χ1n) is 6.23. The number of hydrogen-bond acceptors (Lipinski definition) is 4. The molecule has 1 aromatic rings. The van der Waals surface area contributed by atoms with Crippen LogP contribution in [0.5, 0.6) is 0 Å². The zero-order valence-corrected chi connectivity index (χ0v) is 13.1. The molecule has 0 fully saturated rings. The van der Waals surface area contributed by atoms with Gasteiger partial charge in [0.05, 0.1) is 12.2 Å². The van der Waals surface area contributed by atoms with Crippen LogP contribution >= 0.6 is 10.7 Å². The second-order valence-corrected chi connectivity index (χ2v) is 7.41. The highest BCUT2D eigenvalue weighted by Crippen LogP contribution is 2.23. The number of benzene rings is 1. The van der Waals surface area contributed by atoms with E-state index in [1.165, 1.54) is 0 Å². The summed E-state index contributed by atoms with van der Waals surface area (Å²) < 4.78 is 53.9. The van der Waals surface area contributed by atoms with Crippen LogP contribution in [-0.2, 0) is 13.8 Å². The van der Waals surface area contributed by atoms with Crippen molar-refractivity contribution >= 4 is 25.7 Å². The molecule has 0 spiro atoms. The SMILES string of the molecule is CC(C)CCCOC(=O)c1cc(S(=O)(=O)Cl)c(F)cc1F. The summed E-state index contributed by atoms with van der Waals surface area (Å²) in [6, 6.07) is 0.831. The van der Waals surface area contributed by atoms with Crippen molar-refractivity contribution in [2.45, 2.75) is 31.6 Å². The molecule has 0 radical (unpaired) electrons. The van der Waals surface area contributed by atoms with E-state index in [-0.39, 0.29) is 6.61 Å². The van der Waals surface area contributed by atoms with Crippen molar-refractivity contribution in [1.82, 2.24) is 0 Å². The summed E-state index contributed by atoms with van der Waals surface area (Å²) in [7, 11) is 0.592. The van der Waals surface area contributed by atoms with E-state index in [9.17, 15) is 22.0 Å². The topological polar surface area (TPSA) is 60.4 Å². The van der Waals surface area contributed by atoms with Gasteiger partial charge in [-0.25, -0.2) is 22.0 Å². The molecule has 0 aliphatic rings. The minimum Gasteiger partial charge on any atom is -0.462 e. The molecule has 118 valence electrons. The van der Waals surface area contributed by atoms with Crippen molar-refractivity contribution in [2.75, 3.05) is 6.61 Å². The predicted octanol–water partition coefficient (Wildman–Crippen LogP) is 3.49. The fourth-order valence-electron chi connectivity index (χ4n) is 1.61. The number of carbonyl (C=O) groups is 1. The average Bonchev–Trinajstić information content (AvgIpc) is 2.32. The molecule has 21 heavy (non-hydrogen) atoms. The van der Waals surface area contributed by atoms with Gasteiger partial charge in [-0.1, -0.05) is 13.8 Å². The van der Waals surface area contributed by atoms with Crippen LogP contribution in [0.4, 0.5) is 8.78 Å². The van der Waals surface area contributed by atoms with Crippen molar-refractivity contribution < 1.29 is 26.7 Å². The molecule has 0 bridgehead atoms. The molecule has 1 rings (SSSR count). The van der Waals surface area contributed by atoms with E-state index in [1.807, 2.05) is 13.8 Å². The standard InChI is InChI=1S/C13H15ClF2O4S/c1-8(2)4-3-5-20-13(17)9-6-12(21(14,18)19)11(16)7-10(9)15/h6-8H,3-5H2,1-2H3. The molecule has 0 aliphatic carbocycles. The molecule has 0 aliphatic heterocycles. The van der Waals surface area contributed by atoms with Gasteiger partial charge < -0.3 is 4.74 Å². The molecule has 1 aromatic carbocycles. The molecule has 0 atom stereocenters. The van der Waals surface area contributed by atoms with Gasteiger partial charge in [-0.05, 0) is 24.8 Å². The molecule has 4 nitrogen and oxygen atoms in total. The van der Waals surface area contributed by atoms with Crippen LogP contribution in [-0.4, -0.2) is 21.0 Å². The first-order chi connectivity index (χ1) is 9.62. The Kier molecular flexibility index (Phi) is 6.10. The Morgan fingerprint density at radius 3 is 2.43 bits per heavy atom. The van der Waals surface area contributed by atoms with E-state index < -0.39 is 37.1 Å². The van der Waals surface area contributed by atoms with E-state index in [2.05, 4.69) is 0 Å². The van der Waals surface area contributed by atoms with Crippen molar-refractivity contribution in [3.63, 3.8) is 0 Å². The number of rotatable bonds is 6. The van der Waals surface area contributed by atoms with E-state index in [4.69, 9.17) is 15.4 Å². The zero-order valence-electron chi connectivity index (χ0n) is 11.5.